The van der Waals surface area contributed by atoms with Crippen LogP contribution in [0.1, 0.15) is 35.3 Å². The van der Waals surface area contributed by atoms with Crippen molar-refractivity contribution in [1.82, 2.24) is 9.69 Å². The van der Waals surface area contributed by atoms with Crippen LogP contribution in [0.25, 0.3) is 0 Å². The third kappa shape index (κ3) is 4.48. The lowest BCUT2D eigenvalue weighted by atomic mass is 10.1. The molecule has 7 nitrogen and oxygen atoms in total. The van der Waals surface area contributed by atoms with E-state index in [9.17, 15) is 9.59 Å². The lowest BCUT2D eigenvalue weighted by Crippen LogP contribution is -2.33. The Morgan fingerprint density at radius 2 is 2.19 bits per heavy atom. The number of aryl methyl sites for hydroxylation is 1. The second-order valence-electron chi connectivity index (χ2n) is 4.90. The van der Waals surface area contributed by atoms with Crippen LogP contribution in [0.3, 0.4) is 0 Å². The molecule has 1 aliphatic heterocycles. The number of carbonyl (C=O) groups excluding carboxylic acids is 1. The van der Waals surface area contributed by atoms with E-state index in [1.807, 2.05) is 0 Å². The van der Waals surface area contributed by atoms with Crippen molar-refractivity contribution < 1.29 is 19.4 Å². The Morgan fingerprint density at radius 3 is 2.86 bits per heavy atom. The van der Waals surface area contributed by atoms with E-state index in [0.29, 0.717) is 12.3 Å². The van der Waals surface area contributed by atoms with Gasteiger partial charge in [0.2, 0.25) is 5.91 Å². The molecule has 0 spiro atoms. The molecule has 0 atom stereocenters. The fourth-order valence-electron chi connectivity index (χ4n) is 2.18. The summed E-state index contributed by atoms with van der Waals surface area (Å²) in [4.78, 5) is 22.9. The minimum Gasteiger partial charge on any atom is -0.478 e. The summed E-state index contributed by atoms with van der Waals surface area (Å²) in [5.74, 6) is -1.34. The SMILES string of the molecule is Cc1nsc(NC(=O)CCOC2CCNCC2)c1C(=O)O. The molecular weight excluding hydrogens is 294 g/mol. The van der Waals surface area contributed by atoms with Crippen LogP contribution >= 0.6 is 11.5 Å². The van der Waals surface area contributed by atoms with Gasteiger partial charge in [0.25, 0.3) is 0 Å². The highest BCUT2D eigenvalue weighted by Crippen LogP contribution is 2.24. The topological polar surface area (TPSA) is 101 Å². The van der Waals surface area contributed by atoms with Crippen molar-refractivity contribution in [2.45, 2.75) is 32.3 Å². The van der Waals surface area contributed by atoms with Crippen molar-refractivity contribution in [3.8, 4) is 0 Å². The molecule has 3 N–H and O–H groups in total. The molecule has 2 rings (SSSR count). The third-order valence-electron chi connectivity index (χ3n) is 3.30. The summed E-state index contributed by atoms with van der Waals surface area (Å²) in [5.41, 5.74) is 0.473. The minimum absolute atomic E-state index is 0.0626. The second-order valence-corrected chi connectivity index (χ2v) is 5.67. The van der Waals surface area contributed by atoms with Crippen molar-refractivity contribution in [2.24, 2.45) is 0 Å². The molecule has 1 fully saturated rings. The van der Waals surface area contributed by atoms with Crippen molar-refractivity contribution in [1.29, 1.82) is 0 Å². The number of piperidine rings is 1. The predicted octanol–water partition coefficient (Wildman–Crippen LogP) is 1.25. The molecule has 8 heteroatoms. The van der Waals surface area contributed by atoms with Gasteiger partial charge in [0, 0.05) is 0 Å². The number of aromatic nitrogens is 1. The molecule has 0 aliphatic carbocycles. The van der Waals surface area contributed by atoms with Gasteiger partial charge in [-0.2, -0.15) is 4.37 Å². The van der Waals surface area contributed by atoms with E-state index in [4.69, 9.17) is 9.84 Å². The van der Waals surface area contributed by atoms with Gasteiger partial charge in [-0.3, -0.25) is 4.79 Å². The van der Waals surface area contributed by atoms with Crippen LogP contribution in [-0.2, 0) is 9.53 Å². The van der Waals surface area contributed by atoms with E-state index in [1.165, 1.54) is 0 Å². The molecule has 0 saturated carbocycles. The Kier molecular flexibility index (Phi) is 5.66. The van der Waals surface area contributed by atoms with E-state index in [1.54, 1.807) is 6.92 Å². The lowest BCUT2D eigenvalue weighted by molar-refractivity contribution is -0.117. The van der Waals surface area contributed by atoms with Crippen LogP contribution in [-0.4, -0.2) is 47.2 Å². The van der Waals surface area contributed by atoms with Crippen LogP contribution < -0.4 is 10.6 Å². The summed E-state index contributed by atoms with van der Waals surface area (Å²) >= 11 is 0.982. The highest BCUT2D eigenvalue weighted by Gasteiger charge is 2.19. The predicted molar refractivity (Wildman–Crippen MR) is 78.9 cm³/mol. The Morgan fingerprint density at radius 1 is 1.48 bits per heavy atom. The first-order valence-electron chi connectivity index (χ1n) is 6.89. The Balaban J connectivity index is 1.78. The number of rotatable bonds is 6. The zero-order chi connectivity index (χ0) is 15.2. The lowest BCUT2D eigenvalue weighted by Gasteiger charge is -2.22. The molecule has 21 heavy (non-hydrogen) atoms. The molecule has 0 unspecified atom stereocenters. The fourth-order valence-corrected chi connectivity index (χ4v) is 2.98. The normalized spacial score (nSPS) is 15.9. The molecule has 0 aromatic carbocycles. The van der Waals surface area contributed by atoms with Crippen LogP contribution in [0.15, 0.2) is 0 Å². The Labute approximate surface area is 126 Å². The first-order valence-corrected chi connectivity index (χ1v) is 7.67. The first kappa shape index (κ1) is 15.9. The van der Waals surface area contributed by atoms with Crippen molar-refractivity contribution in [3.05, 3.63) is 11.3 Å². The number of carboxylic acids is 1. The highest BCUT2D eigenvalue weighted by molar-refractivity contribution is 7.11. The summed E-state index contributed by atoms with van der Waals surface area (Å²) in [6.45, 7) is 3.84. The molecule has 1 aliphatic rings. The van der Waals surface area contributed by atoms with E-state index >= 15 is 0 Å². The number of amides is 1. The number of hydrogen-bond acceptors (Lipinski definition) is 6. The number of nitrogens with zero attached hydrogens (tertiary/aromatic N) is 1. The summed E-state index contributed by atoms with van der Waals surface area (Å²) < 4.78 is 9.60. The van der Waals surface area contributed by atoms with Gasteiger partial charge in [0.1, 0.15) is 10.6 Å². The molecule has 1 aromatic heterocycles. The van der Waals surface area contributed by atoms with E-state index in [2.05, 4.69) is 15.0 Å². The molecule has 116 valence electrons. The standard InChI is InChI=1S/C13H19N3O4S/c1-8-11(13(18)19)12(21-16-8)15-10(17)4-7-20-9-2-5-14-6-3-9/h9,14H,2-7H2,1H3,(H,15,17)(H,18,19). The maximum Gasteiger partial charge on any atom is 0.340 e. The number of aromatic carboxylic acids is 1. The maximum absolute atomic E-state index is 11.8. The summed E-state index contributed by atoms with van der Waals surface area (Å²) in [7, 11) is 0. The average molecular weight is 313 g/mol. The minimum atomic E-state index is -1.08. The van der Waals surface area contributed by atoms with Gasteiger partial charge >= 0.3 is 5.97 Å². The first-order chi connectivity index (χ1) is 10.1. The number of ether oxygens (including phenoxy) is 1. The van der Waals surface area contributed by atoms with Crippen LogP contribution in [0, 0.1) is 6.92 Å². The largest absolute Gasteiger partial charge is 0.478 e. The molecule has 0 radical (unpaired) electrons. The van der Waals surface area contributed by atoms with Gasteiger partial charge in [-0.15, -0.1) is 0 Å². The van der Waals surface area contributed by atoms with E-state index < -0.39 is 5.97 Å². The third-order valence-corrected chi connectivity index (χ3v) is 4.15. The monoisotopic (exact) mass is 313 g/mol. The van der Waals surface area contributed by atoms with Gasteiger partial charge in [0.15, 0.2) is 0 Å². The molecule has 1 aromatic rings. The molecule has 1 amide bonds. The number of nitrogens with one attached hydrogen (secondary N) is 2. The zero-order valence-electron chi connectivity index (χ0n) is 11.8. The highest BCUT2D eigenvalue weighted by atomic mass is 32.1. The van der Waals surface area contributed by atoms with Crippen molar-refractivity contribution >= 4 is 28.4 Å². The van der Waals surface area contributed by atoms with E-state index in [0.717, 1.165) is 37.5 Å². The van der Waals surface area contributed by atoms with Crippen molar-refractivity contribution in [3.63, 3.8) is 0 Å². The maximum atomic E-state index is 11.8. The smallest absolute Gasteiger partial charge is 0.340 e. The average Bonchev–Trinajstić information content (AvgIpc) is 2.81. The van der Waals surface area contributed by atoms with Gasteiger partial charge in [-0.1, -0.05) is 0 Å². The van der Waals surface area contributed by atoms with Crippen LogP contribution in [0.5, 0.6) is 0 Å². The van der Waals surface area contributed by atoms with Crippen LogP contribution in [0.4, 0.5) is 5.00 Å². The Bertz CT molecular complexity index is 512. The van der Waals surface area contributed by atoms with Gasteiger partial charge in [-0.05, 0) is 44.4 Å². The Hall–Kier alpha value is -1.51. The van der Waals surface area contributed by atoms with Crippen LogP contribution in [0.2, 0.25) is 0 Å². The number of carboxylic acid groups (broad SMARTS) is 1. The number of hydrogen-bond donors (Lipinski definition) is 3. The molecule has 2 heterocycles. The molecular formula is C13H19N3O4S. The van der Waals surface area contributed by atoms with Crippen molar-refractivity contribution in [2.75, 3.05) is 25.0 Å². The number of carbonyl (C=O) groups is 2. The number of anilines is 1. The zero-order valence-corrected chi connectivity index (χ0v) is 12.7. The molecule has 0 bridgehead atoms. The van der Waals surface area contributed by atoms with Gasteiger partial charge in [0.05, 0.1) is 24.8 Å². The summed E-state index contributed by atoms with van der Waals surface area (Å²) in [5, 5.41) is 15.2. The quantitative estimate of drug-likeness (QED) is 0.731. The van der Waals surface area contributed by atoms with E-state index in [-0.39, 0.29) is 29.0 Å². The van der Waals surface area contributed by atoms with Gasteiger partial charge < -0.3 is 20.5 Å². The fraction of sp³-hybridized carbons (Fsp3) is 0.615. The summed E-state index contributed by atoms with van der Waals surface area (Å²) in [6, 6.07) is 0. The van der Waals surface area contributed by atoms with Gasteiger partial charge in [-0.25, -0.2) is 4.79 Å². The summed E-state index contributed by atoms with van der Waals surface area (Å²) in [6.07, 6.45) is 2.33. The molecule has 1 saturated heterocycles. The second kappa shape index (κ2) is 7.48.